The molecule has 0 saturated heterocycles. The number of nitrogens with zero attached hydrogens (tertiary/aromatic N) is 2. The molecule has 0 amide bonds. The summed E-state index contributed by atoms with van der Waals surface area (Å²) in [5.74, 6) is 0. The number of aromatic nitrogens is 2. The number of hydrogen-bond donors (Lipinski definition) is 2. The van der Waals surface area contributed by atoms with Crippen LogP contribution in [0, 0.1) is 0 Å². The van der Waals surface area contributed by atoms with E-state index in [1.165, 1.54) is 11.7 Å². The van der Waals surface area contributed by atoms with Gasteiger partial charge >= 0.3 is 0 Å². The quantitative estimate of drug-likeness (QED) is 0.836. The zero-order valence-corrected chi connectivity index (χ0v) is 9.57. The summed E-state index contributed by atoms with van der Waals surface area (Å²) in [5.41, 5.74) is 2.81. The lowest BCUT2D eigenvalue weighted by Gasteiger charge is -2.17. The van der Waals surface area contributed by atoms with Crippen molar-refractivity contribution in [1.82, 2.24) is 8.75 Å². The third-order valence-corrected chi connectivity index (χ3v) is 3.65. The molecule has 1 aliphatic carbocycles. The van der Waals surface area contributed by atoms with E-state index in [2.05, 4.69) is 14.1 Å². The number of hydrogen-bond acceptors (Lipinski definition) is 5. The van der Waals surface area contributed by atoms with Gasteiger partial charge in [-0.15, -0.1) is 0 Å². The number of anilines is 1. The Kier molecular flexibility index (Phi) is 2.49. The zero-order chi connectivity index (χ0) is 11.0. The first-order valence-electron chi connectivity index (χ1n) is 5.50. The van der Waals surface area contributed by atoms with Gasteiger partial charge in [0.1, 0.15) is 11.0 Å². The molecular formula is C11H13N3OS. The van der Waals surface area contributed by atoms with Gasteiger partial charge in [0.15, 0.2) is 0 Å². The van der Waals surface area contributed by atoms with Gasteiger partial charge in [0, 0.05) is 0 Å². The van der Waals surface area contributed by atoms with Gasteiger partial charge in [-0.3, -0.25) is 0 Å². The molecule has 1 aliphatic rings. The standard InChI is InChI=1S/C11H13N3OS/c15-10-6-2-3-7(10)12-8-4-1-5-9-11(8)14-16-13-9/h1,4-5,7,10,12,15H,2-3,6H2/t7-,10-/m0/s1. The van der Waals surface area contributed by atoms with Gasteiger partial charge in [-0.2, -0.15) is 8.75 Å². The van der Waals surface area contributed by atoms with Crippen LogP contribution in [0.4, 0.5) is 5.69 Å². The maximum absolute atomic E-state index is 9.78. The molecule has 5 heteroatoms. The molecule has 3 rings (SSSR count). The van der Waals surface area contributed by atoms with Crippen LogP contribution in [0.5, 0.6) is 0 Å². The smallest absolute Gasteiger partial charge is 0.127 e. The van der Waals surface area contributed by atoms with E-state index in [4.69, 9.17) is 0 Å². The second-order valence-electron chi connectivity index (χ2n) is 4.19. The van der Waals surface area contributed by atoms with Crippen molar-refractivity contribution in [2.24, 2.45) is 0 Å². The van der Waals surface area contributed by atoms with Crippen LogP contribution in [0.25, 0.3) is 11.0 Å². The summed E-state index contributed by atoms with van der Waals surface area (Å²) in [5, 5.41) is 13.2. The van der Waals surface area contributed by atoms with Gasteiger partial charge in [-0.1, -0.05) is 6.07 Å². The van der Waals surface area contributed by atoms with Gasteiger partial charge in [-0.05, 0) is 31.4 Å². The van der Waals surface area contributed by atoms with Gasteiger partial charge in [0.05, 0.1) is 29.6 Å². The molecule has 2 atom stereocenters. The maximum atomic E-state index is 9.78. The normalized spacial score (nSPS) is 25.1. The molecule has 16 heavy (non-hydrogen) atoms. The van der Waals surface area contributed by atoms with Crippen LogP contribution in [0.15, 0.2) is 18.2 Å². The van der Waals surface area contributed by atoms with E-state index in [9.17, 15) is 5.11 Å². The van der Waals surface area contributed by atoms with E-state index >= 15 is 0 Å². The molecule has 1 saturated carbocycles. The third-order valence-electron chi connectivity index (χ3n) is 3.11. The van der Waals surface area contributed by atoms with E-state index in [1.54, 1.807) is 0 Å². The number of fused-ring (bicyclic) bond motifs is 1. The van der Waals surface area contributed by atoms with Gasteiger partial charge < -0.3 is 10.4 Å². The molecular weight excluding hydrogens is 222 g/mol. The molecule has 0 spiro atoms. The first kappa shape index (κ1) is 9.99. The highest BCUT2D eigenvalue weighted by atomic mass is 32.1. The number of aliphatic hydroxyl groups is 1. The fourth-order valence-corrected chi connectivity index (χ4v) is 2.78. The number of aliphatic hydroxyl groups excluding tert-OH is 1. The Morgan fingerprint density at radius 1 is 1.31 bits per heavy atom. The third kappa shape index (κ3) is 1.66. The molecule has 1 heterocycles. The van der Waals surface area contributed by atoms with E-state index in [0.29, 0.717) is 0 Å². The lowest BCUT2D eigenvalue weighted by Crippen LogP contribution is -2.27. The van der Waals surface area contributed by atoms with E-state index < -0.39 is 0 Å². The molecule has 2 aromatic rings. The van der Waals surface area contributed by atoms with Crippen LogP contribution in [-0.4, -0.2) is 26.0 Å². The molecule has 4 nitrogen and oxygen atoms in total. The van der Waals surface area contributed by atoms with Crippen LogP contribution in [0.1, 0.15) is 19.3 Å². The van der Waals surface area contributed by atoms with Crippen LogP contribution in [0.2, 0.25) is 0 Å². The van der Waals surface area contributed by atoms with Crippen LogP contribution < -0.4 is 5.32 Å². The monoisotopic (exact) mass is 235 g/mol. The first-order chi connectivity index (χ1) is 7.84. The number of benzene rings is 1. The average Bonchev–Trinajstić information content (AvgIpc) is 2.89. The average molecular weight is 235 g/mol. The van der Waals surface area contributed by atoms with Crippen molar-refractivity contribution in [2.45, 2.75) is 31.4 Å². The van der Waals surface area contributed by atoms with Crippen molar-refractivity contribution in [1.29, 1.82) is 0 Å². The van der Waals surface area contributed by atoms with Crippen LogP contribution in [0.3, 0.4) is 0 Å². The van der Waals surface area contributed by atoms with E-state index in [0.717, 1.165) is 36.0 Å². The Morgan fingerprint density at radius 2 is 2.25 bits per heavy atom. The summed E-state index contributed by atoms with van der Waals surface area (Å²) in [4.78, 5) is 0. The number of nitrogens with one attached hydrogen (secondary N) is 1. The Labute approximate surface area is 97.6 Å². The van der Waals surface area contributed by atoms with Crippen LogP contribution >= 0.6 is 11.7 Å². The summed E-state index contributed by atoms with van der Waals surface area (Å²) in [7, 11) is 0. The predicted molar refractivity (Wildman–Crippen MR) is 64.7 cm³/mol. The van der Waals surface area contributed by atoms with Crippen molar-refractivity contribution in [3.05, 3.63) is 18.2 Å². The molecule has 84 valence electrons. The molecule has 0 bridgehead atoms. The second-order valence-corrected chi connectivity index (χ2v) is 4.72. The summed E-state index contributed by atoms with van der Waals surface area (Å²) in [6.07, 6.45) is 2.77. The minimum absolute atomic E-state index is 0.160. The van der Waals surface area contributed by atoms with Crippen LogP contribution in [-0.2, 0) is 0 Å². The summed E-state index contributed by atoms with van der Waals surface area (Å²) < 4.78 is 8.47. The lowest BCUT2D eigenvalue weighted by molar-refractivity contribution is 0.172. The van der Waals surface area contributed by atoms with Crippen molar-refractivity contribution in [2.75, 3.05) is 5.32 Å². The fourth-order valence-electron chi connectivity index (χ4n) is 2.23. The van der Waals surface area contributed by atoms with Crippen molar-refractivity contribution in [3.63, 3.8) is 0 Å². The highest BCUT2D eigenvalue weighted by Gasteiger charge is 2.25. The van der Waals surface area contributed by atoms with E-state index in [1.807, 2.05) is 18.2 Å². The zero-order valence-electron chi connectivity index (χ0n) is 8.76. The fraction of sp³-hybridized carbons (Fsp3) is 0.455. The highest BCUT2D eigenvalue weighted by Crippen LogP contribution is 2.27. The molecule has 1 fully saturated rings. The molecule has 1 aromatic heterocycles. The van der Waals surface area contributed by atoms with Gasteiger partial charge in [-0.25, -0.2) is 0 Å². The minimum atomic E-state index is -0.234. The highest BCUT2D eigenvalue weighted by molar-refractivity contribution is 7.00. The van der Waals surface area contributed by atoms with Crippen molar-refractivity contribution >= 4 is 28.4 Å². The molecule has 0 aliphatic heterocycles. The Balaban J connectivity index is 1.91. The summed E-state index contributed by atoms with van der Waals surface area (Å²) in [6.45, 7) is 0. The second kappa shape index (κ2) is 3.99. The predicted octanol–water partition coefficient (Wildman–Crippen LogP) is 2.02. The molecule has 0 radical (unpaired) electrons. The Bertz CT molecular complexity index is 499. The SMILES string of the molecule is O[C@H]1CCC[C@@H]1Nc1cccc2nsnc12. The molecule has 2 N–H and O–H groups in total. The molecule has 0 unspecified atom stereocenters. The van der Waals surface area contributed by atoms with Gasteiger partial charge in [0.2, 0.25) is 0 Å². The maximum Gasteiger partial charge on any atom is 0.127 e. The van der Waals surface area contributed by atoms with Crippen molar-refractivity contribution in [3.8, 4) is 0 Å². The Hall–Kier alpha value is -1.20. The van der Waals surface area contributed by atoms with Crippen molar-refractivity contribution < 1.29 is 5.11 Å². The lowest BCUT2D eigenvalue weighted by atomic mass is 10.2. The van der Waals surface area contributed by atoms with Gasteiger partial charge in [0.25, 0.3) is 0 Å². The molecule has 1 aromatic carbocycles. The summed E-state index contributed by atoms with van der Waals surface area (Å²) in [6, 6.07) is 6.07. The summed E-state index contributed by atoms with van der Waals surface area (Å²) >= 11 is 1.22. The van der Waals surface area contributed by atoms with E-state index in [-0.39, 0.29) is 12.1 Å². The first-order valence-corrected chi connectivity index (χ1v) is 6.23. The minimum Gasteiger partial charge on any atom is -0.391 e. The largest absolute Gasteiger partial charge is 0.391 e. The Morgan fingerprint density at radius 3 is 3.06 bits per heavy atom. The topological polar surface area (TPSA) is 58.0 Å². The number of rotatable bonds is 2.